The molecule has 5 rings (SSSR count). The van der Waals surface area contributed by atoms with Crippen LogP contribution in [0.2, 0.25) is 0 Å². The van der Waals surface area contributed by atoms with Crippen molar-refractivity contribution in [2.24, 2.45) is 0 Å². The van der Waals surface area contributed by atoms with Gasteiger partial charge in [-0.3, -0.25) is 4.79 Å². The highest BCUT2D eigenvalue weighted by Gasteiger charge is 2.11. The smallest absolute Gasteiger partial charge is 0.276 e. The van der Waals surface area contributed by atoms with Crippen molar-refractivity contribution in [1.82, 2.24) is 29.9 Å². The zero-order valence-corrected chi connectivity index (χ0v) is 16.7. The fourth-order valence-corrected chi connectivity index (χ4v) is 4.01. The normalized spacial score (nSPS) is 11.0. The lowest BCUT2D eigenvalue weighted by molar-refractivity contribution is 0.102. The zero-order chi connectivity index (χ0) is 20.5. The summed E-state index contributed by atoms with van der Waals surface area (Å²) >= 11 is 1.65. The maximum atomic E-state index is 12.5. The van der Waals surface area contributed by atoms with Gasteiger partial charge in [0, 0.05) is 11.3 Å². The second-order valence-corrected chi connectivity index (χ2v) is 7.67. The molecule has 0 saturated carbocycles. The molecule has 0 saturated heterocycles. The van der Waals surface area contributed by atoms with Crippen molar-refractivity contribution in [3.8, 4) is 16.4 Å². The number of nitrogens with zero attached hydrogens (tertiary/aromatic N) is 6. The second-order valence-electron chi connectivity index (χ2n) is 6.64. The number of thiazole rings is 1. The van der Waals surface area contributed by atoms with Gasteiger partial charge in [-0.2, -0.15) is 5.10 Å². The molecule has 0 aliphatic heterocycles. The van der Waals surface area contributed by atoms with Crippen molar-refractivity contribution >= 4 is 33.1 Å². The van der Waals surface area contributed by atoms with Gasteiger partial charge in [0.1, 0.15) is 17.7 Å². The fraction of sp³-hybridized carbons (Fsp3) is 0.0476. The third-order valence-corrected chi connectivity index (χ3v) is 5.54. The predicted octanol–water partition coefficient (Wildman–Crippen LogP) is 3.89. The Kier molecular flexibility index (Phi) is 4.49. The summed E-state index contributed by atoms with van der Waals surface area (Å²) in [6, 6.07) is 17.1. The second kappa shape index (κ2) is 7.45. The van der Waals surface area contributed by atoms with Crippen LogP contribution in [0.3, 0.4) is 0 Å². The van der Waals surface area contributed by atoms with Crippen LogP contribution in [0.4, 0.5) is 5.69 Å². The quantitative estimate of drug-likeness (QED) is 0.480. The van der Waals surface area contributed by atoms with Crippen molar-refractivity contribution < 1.29 is 4.79 Å². The van der Waals surface area contributed by atoms with Crippen molar-refractivity contribution in [2.45, 2.75) is 6.92 Å². The van der Waals surface area contributed by atoms with E-state index in [1.165, 1.54) is 22.9 Å². The molecule has 0 radical (unpaired) electrons. The predicted molar refractivity (Wildman–Crippen MR) is 115 cm³/mol. The number of hydrogen-bond acceptors (Lipinski definition) is 7. The Labute approximate surface area is 175 Å². The van der Waals surface area contributed by atoms with E-state index in [1.807, 2.05) is 30.3 Å². The van der Waals surface area contributed by atoms with Crippen molar-refractivity contribution in [3.05, 3.63) is 78.5 Å². The van der Waals surface area contributed by atoms with Gasteiger partial charge >= 0.3 is 0 Å². The molecule has 3 heterocycles. The highest BCUT2D eigenvalue weighted by molar-refractivity contribution is 7.21. The molecule has 0 fully saturated rings. The summed E-state index contributed by atoms with van der Waals surface area (Å²) in [5, 5.41) is 15.7. The first-order valence-electron chi connectivity index (χ1n) is 9.13. The van der Waals surface area contributed by atoms with Crippen molar-refractivity contribution in [1.29, 1.82) is 0 Å². The Bertz CT molecular complexity index is 1330. The van der Waals surface area contributed by atoms with Gasteiger partial charge in [0.05, 0.1) is 10.2 Å². The fourth-order valence-electron chi connectivity index (χ4n) is 2.94. The first-order chi connectivity index (χ1) is 14.7. The van der Waals surface area contributed by atoms with Crippen LogP contribution >= 0.6 is 11.3 Å². The molecule has 0 spiro atoms. The van der Waals surface area contributed by atoms with E-state index in [9.17, 15) is 4.79 Å². The molecule has 30 heavy (non-hydrogen) atoms. The van der Waals surface area contributed by atoms with E-state index >= 15 is 0 Å². The minimum absolute atomic E-state index is 0.212. The number of rotatable bonds is 4. The van der Waals surface area contributed by atoms with E-state index in [4.69, 9.17) is 4.98 Å². The van der Waals surface area contributed by atoms with Crippen LogP contribution in [0.1, 0.15) is 16.1 Å². The topological polar surface area (TPSA) is 98.5 Å². The lowest BCUT2D eigenvalue weighted by Crippen LogP contribution is -2.15. The van der Waals surface area contributed by atoms with Crippen LogP contribution in [0.25, 0.3) is 26.6 Å². The number of benzene rings is 2. The summed E-state index contributed by atoms with van der Waals surface area (Å²) in [7, 11) is 0. The SMILES string of the molecule is Cc1ccc2nc(-c3ccc(NC(=O)c4ccc(-n5cncn5)nn4)cc3)sc2c1. The number of anilines is 1. The standard InChI is InChI=1S/C21H15N7OS/c1-13-2-7-16-18(10-13)30-21(25-16)14-3-5-15(6-4-14)24-20(29)17-8-9-19(27-26-17)28-12-22-11-23-28/h2-12H,1H3,(H,24,29). The number of carbonyl (C=O) groups is 1. The van der Waals surface area contributed by atoms with E-state index in [0.29, 0.717) is 11.5 Å². The highest BCUT2D eigenvalue weighted by Crippen LogP contribution is 2.31. The van der Waals surface area contributed by atoms with Crippen LogP contribution in [-0.4, -0.2) is 35.9 Å². The minimum Gasteiger partial charge on any atom is -0.321 e. The Balaban J connectivity index is 1.31. The Morgan fingerprint density at radius 1 is 1.03 bits per heavy atom. The van der Waals surface area contributed by atoms with E-state index in [1.54, 1.807) is 23.5 Å². The molecule has 8 nitrogen and oxygen atoms in total. The number of hydrogen-bond donors (Lipinski definition) is 1. The molecule has 2 aromatic carbocycles. The number of aromatic nitrogens is 6. The first kappa shape index (κ1) is 18.1. The third kappa shape index (κ3) is 3.53. The average Bonchev–Trinajstić information content (AvgIpc) is 3.44. The molecule has 0 unspecified atom stereocenters. The zero-order valence-electron chi connectivity index (χ0n) is 15.9. The monoisotopic (exact) mass is 413 g/mol. The van der Waals surface area contributed by atoms with Gasteiger partial charge in [0.2, 0.25) is 0 Å². The van der Waals surface area contributed by atoms with Crippen LogP contribution in [0, 0.1) is 6.92 Å². The van der Waals surface area contributed by atoms with Crippen LogP contribution < -0.4 is 5.32 Å². The Morgan fingerprint density at radius 3 is 2.63 bits per heavy atom. The number of nitrogens with one attached hydrogen (secondary N) is 1. The summed E-state index contributed by atoms with van der Waals surface area (Å²) in [5.74, 6) is 0.148. The van der Waals surface area contributed by atoms with Crippen LogP contribution in [-0.2, 0) is 0 Å². The molecule has 9 heteroatoms. The van der Waals surface area contributed by atoms with Crippen LogP contribution in [0.15, 0.2) is 67.3 Å². The first-order valence-corrected chi connectivity index (χ1v) is 9.95. The van der Waals surface area contributed by atoms with E-state index in [-0.39, 0.29) is 11.6 Å². The minimum atomic E-state index is -0.337. The lowest BCUT2D eigenvalue weighted by atomic mass is 10.2. The van der Waals surface area contributed by atoms with Crippen molar-refractivity contribution in [2.75, 3.05) is 5.32 Å². The number of amides is 1. The van der Waals surface area contributed by atoms with Gasteiger partial charge in [-0.15, -0.1) is 21.5 Å². The summed E-state index contributed by atoms with van der Waals surface area (Å²) < 4.78 is 2.63. The summed E-state index contributed by atoms with van der Waals surface area (Å²) in [6.07, 6.45) is 2.92. The lowest BCUT2D eigenvalue weighted by Gasteiger charge is -2.05. The molecule has 0 aliphatic rings. The largest absolute Gasteiger partial charge is 0.321 e. The summed E-state index contributed by atoms with van der Waals surface area (Å²) in [4.78, 5) is 21.0. The molecule has 0 bridgehead atoms. The molecule has 146 valence electrons. The molecule has 0 atom stereocenters. The van der Waals surface area contributed by atoms with E-state index < -0.39 is 0 Å². The molecule has 5 aromatic rings. The van der Waals surface area contributed by atoms with Gasteiger partial charge in [-0.1, -0.05) is 6.07 Å². The Morgan fingerprint density at radius 2 is 1.90 bits per heavy atom. The Hall–Kier alpha value is -3.98. The molecular weight excluding hydrogens is 398 g/mol. The summed E-state index contributed by atoms with van der Waals surface area (Å²) in [6.45, 7) is 2.07. The summed E-state index contributed by atoms with van der Waals surface area (Å²) in [5.41, 5.74) is 4.09. The van der Waals surface area contributed by atoms with Gasteiger partial charge < -0.3 is 5.32 Å². The third-order valence-electron chi connectivity index (χ3n) is 4.47. The van der Waals surface area contributed by atoms with Gasteiger partial charge in [0.25, 0.3) is 5.91 Å². The van der Waals surface area contributed by atoms with Crippen molar-refractivity contribution in [3.63, 3.8) is 0 Å². The van der Waals surface area contributed by atoms with E-state index in [0.717, 1.165) is 20.8 Å². The van der Waals surface area contributed by atoms with E-state index in [2.05, 4.69) is 44.7 Å². The maximum absolute atomic E-state index is 12.5. The van der Waals surface area contributed by atoms with Crippen LogP contribution in [0.5, 0.6) is 0 Å². The average molecular weight is 413 g/mol. The number of fused-ring (bicyclic) bond motifs is 1. The highest BCUT2D eigenvalue weighted by atomic mass is 32.1. The molecule has 1 amide bonds. The molecular formula is C21H15N7OS. The van der Waals surface area contributed by atoms with Gasteiger partial charge in [0.15, 0.2) is 11.5 Å². The maximum Gasteiger partial charge on any atom is 0.276 e. The molecule has 0 aliphatic carbocycles. The molecule has 1 N–H and O–H groups in total. The van der Waals surface area contributed by atoms with Gasteiger partial charge in [-0.25, -0.2) is 14.6 Å². The molecule has 3 aromatic heterocycles. The number of aryl methyl sites for hydroxylation is 1. The number of carbonyl (C=O) groups excluding carboxylic acids is 1. The van der Waals surface area contributed by atoms with Gasteiger partial charge in [-0.05, 0) is 61.0 Å².